The molecule has 5 nitrogen and oxygen atoms in total. The highest BCUT2D eigenvalue weighted by atomic mass is 32.2. The first kappa shape index (κ1) is 19.6. The lowest BCUT2D eigenvalue weighted by Crippen LogP contribution is -2.29. The number of benzene rings is 1. The van der Waals surface area contributed by atoms with Crippen LogP contribution in [-0.2, 0) is 4.79 Å². The fourth-order valence-electron chi connectivity index (χ4n) is 2.88. The predicted molar refractivity (Wildman–Crippen MR) is 114 cm³/mol. The highest BCUT2D eigenvalue weighted by Crippen LogP contribution is 2.35. The molecule has 0 aliphatic rings. The van der Waals surface area contributed by atoms with E-state index in [9.17, 15) is 9.59 Å². The molecule has 0 unspecified atom stereocenters. The van der Waals surface area contributed by atoms with E-state index in [1.807, 2.05) is 44.3 Å². The van der Waals surface area contributed by atoms with Crippen LogP contribution in [0.5, 0.6) is 0 Å². The second-order valence-electron chi connectivity index (χ2n) is 6.41. The lowest BCUT2D eigenvalue weighted by molar-refractivity contribution is -0.127. The molecule has 0 bridgehead atoms. The summed E-state index contributed by atoms with van der Waals surface area (Å²) in [6.07, 6.45) is 2.04. The largest absolute Gasteiger partial charge is 0.345 e. The normalized spacial score (nSPS) is 11.1. The number of rotatable bonds is 7. The topological polar surface area (TPSA) is 66.1 Å². The van der Waals surface area contributed by atoms with Crippen LogP contribution >= 0.6 is 23.1 Å². The molecule has 0 spiro atoms. The Morgan fingerprint density at radius 1 is 1.30 bits per heavy atom. The van der Waals surface area contributed by atoms with Crippen molar-refractivity contribution in [1.29, 1.82) is 0 Å². The van der Waals surface area contributed by atoms with Crippen molar-refractivity contribution in [3.05, 3.63) is 45.6 Å². The number of carbonyl (C=O) groups excluding carboxylic acids is 1. The van der Waals surface area contributed by atoms with Gasteiger partial charge in [-0.3, -0.25) is 9.59 Å². The minimum absolute atomic E-state index is 0.0449. The first-order chi connectivity index (χ1) is 13.0. The predicted octanol–water partition coefficient (Wildman–Crippen LogP) is 4.31. The number of carbonyl (C=O) groups is 1. The molecule has 0 radical (unpaired) electrons. The summed E-state index contributed by atoms with van der Waals surface area (Å²) in [4.78, 5) is 35.9. The summed E-state index contributed by atoms with van der Waals surface area (Å²) >= 11 is 2.79. The Bertz CT molecular complexity index is 996. The van der Waals surface area contributed by atoms with Gasteiger partial charge in [0.15, 0.2) is 5.16 Å². The number of aromatic amines is 1. The van der Waals surface area contributed by atoms with Crippen molar-refractivity contribution in [3.8, 4) is 11.1 Å². The lowest BCUT2D eigenvalue weighted by atomic mass is 10.0. The molecular weight excluding hydrogens is 378 g/mol. The maximum Gasteiger partial charge on any atom is 0.260 e. The molecule has 1 amide bonds. The first-order valence-electron chi connectivity index (χ1n) is 8.96. The summed E-state index contributed by atoms with van der Waals surface area (Å²) in [7, 11) is 1.81. The van der Waals surface area contributed by atoms with Crippen molar-refractivity contribution in [2.45, 2.75) is 31.8 Å². The zero-order valence-corrected chi connectivity index (χ0v) is 17.4. The SMILES string of the molecule is CCCCN(C)C(=O)CSc1nc2sc(C)c(-c3ccccc3)c2c(=O)[nH]1. The highest BCUT2D eigenvalue weighted by molar-refractivity contribution is 7.99. The number of thiophene rings is 1. The van der Waals surface area contributed by atoms with Crippen LogP contribution in [0.1, 0.15) is 24.6 Å². The smallest absolute Gasteiger partial charge is 0.260 e. The Morgan fingerprint density at radius 3 is 2.74 bits per heavy atom. The van der Waals surface area contributed by atoms with Crippen molar-refractivity contribution < 1.29 is 4.79 Å². The second-order valence-corrected chi connectivity index (χ2v) is 8.58. The first-order valence-corrected chi connectivity index (χ1v) is 10.8. The number of aryl methyl sites for hydroxylation is 1. The number of amides is 1. The number of thioether (sulfide) groups is 1. The maximum atomic E-state index is 12.7. The average Bonchev–Trinajstić information content (AvgIpc) is 3.01. The second kappa shape index (κ2) is 8.71. The molecule has 3 aromatic rings. The van der Waals surface area contributed by atoms with Gasteiger partial charge in [-0.05, 0) is 18.9 Å². The summed E-state index contributed by atoms with van der Waals surface area (Å²) in [6, 6.07) is 9.89. The van der Waals surface area contributed by atoms with Gasteiger partial charge in [0.2, 0.25) is 5.91 Å². The zero-order chi connectivity index (χ0) is 19.4. The fourth-order valence-corrected chi connectivity index (χ4v) is 4.79. The summed E-state index contributed by atoms with van der Waals surface area (Å²) in [5, 5.41) is 1.12. The molecule has 142 valence electrons. The van der Waals surface area contributed by atoms with Gasteiger partial charge in [-0.15, -0.1) is 11.3 Å². The van der Waals surface area contributed by atoms with Crippen molar-refractivity contribution in [3.63, 3.8) is 0 Å². The van der Waals surface area contributed by atoms with Crippen molar-refractivity contribution >= 4 is 39.2 Å². The molecule has 0 aliphatic carbocycles. The molecular formula is C20H23N3O2S2. The summed E-state index contributed by atoms with van der Waals surface area (Å²) < 4.78 is 0. The molecule has 7 heteroatoms. The van der Waals surface area contributed by atoms with E-state index in [1.54, 1.807) is 4.90 Å². The molecule has 2 heterocycles. The van der Waals surface area contributed by atoms with Crippen molar-refractivity contribution in [2.75, 3.05) is 19.3 Å². The van der Waals surface area contributed by atoms with Gasteiger partial charge in [-0.25, -0.2) is 4.98 Å². The van der Waals surface area contributed by atoms with Gasteiger partial charge in [-0.1, -0.05) is 55.4 Å². The van der Waals surface area contributed by atoms with Crippen molar-refractivity contribution in [1.82, 2.24) is 14.9 Å². The van der Waals surface area contributed by atoms with Crippen LogP contribution in [0.3, 0.4) is 0 Å². The standard InChI is InChI=1S/C20H23N3O2S2/c1-4-5-11-23(3)15(24)12-26-20-21-18(25)17-16(13(2)27-19(17)22-20)14-9-7-6-8-10-14/h6-10H,4-5,11-12H2,1-3H3,(H,21,22,25). The number of H-pyrrole nitrogens is 1. The van der Waals surface area contributed by atoms with E-state index in [2.05, 4.69) is 16.9 Å². The van der Waals surface area contributed by atoms with Gasteiger partial charge in [0.05, 0.1) is 11.1 Å². The molecule has 1 aromatic carbocycles. The summed E-state index contributed by atoms with van der Waals surface area (Å²) in [5.74, 6) is 0.313. The van der Waals surface area contributed by atoms with E-state index in [4.69, 9.17) is 0 Å². The summed E-state index contributed by atoms with van der Waals surface area (Å²) in [6.45, 7) is 4.86. The highest BCUT2D eigenvalue weighted by Gasteiger charge is 2.17. The molecule has 0 saturated carbocycles. The van der Waals surface area contributed by atoms with Crippen LogP contribution in [0.25, 0.3) is 21.3 Å². The van der Waals surface area contributed by atoms with Gasteiger partial charge in [0, 0.05) is 24.0 Å². The van der Waals surface area contributed by atoms with E-state index < -0.39 is 0 Å². The molecule has 2 aromatic heterocycles. The molecule has 0 saturated heterocycles. The van der Waals surface area contributed by atoms with E-state index in [-0.39, 0.29) is 17.2 Å². The Morgan fingerprint density at radius 2 is 2.04 bits per heavy atom. The molecule has 0 fully saturated rings. The number of nitrogens with zero attached hydrogens (tertiary/aromatic N) is 2. The molecule has 0 aliphatic heterocycles. The maximum absolute atomic E-state index is 12.7. The number of aromatic nitrogens is 2. The third kappa shape index (κ3) is 4.42. The van der Waals surface area contributed by atoms with Gasteiger partial charge < -0.3 is 9.88 Å². The number of hydrogen-bond acceptors (Lipinski definition) is 5. The number of fused-ring (bicyclic) bond motifs is 1. The Kier molecular flexibility index (Phi) is 6.34. The van der Waals surface area contributed by atoms with E-state index in [1.165, 1.54) is 23.1 Å². The average molecular weight is 402 g/mol. The molecule has 27 heavy (non-hydrogen) atoms. The van der Waals surface area contributed by atoms with Gasteiger partial charge in [0.1, 0.15) is 4.83 Å². The Balaban J connectivity index is 1.84. The monoisotopic (exact) mass is 401 g/mol. The van der Waals surface area contributed by atoms with Gasteiger partial charge >= 0.3 is 0 Å². The van der Waals surface area contributed by atoms with E-state index in [0.29, 0.717) is 15.4 Å². The van der Waals surface area contributed by atoms with Crippen LogP contribution in [0.4, 0.5) is 0 Å². The number of nitrogens with one attached hydrogen (secondary N) is 1. The quantitative estimate of drug-likeness (QED) is 0.473. The Hall–Kier alpha value is -2.12. The molecule has 3 rings (SSSR count). The van der Waals surface area contributed by atoms with Crippen LogP contribution in [0.2, 0.25) is 0 Å². The summed E-state index contributed by atoms with van der Waals surface area (Å²) in [5.41, 5.74) is 1.80. The van der Waals surface area contributed by atoms with Crippen molar-refractivity contribution in [2.24, 2.45) is 0 Å². The Labute approximate surface area is 166 Å². The number of hydrogen-bond donors (Lipinski definition) is 1. The van der Waals surface area contributed by atoms with Gasteiger partial charge in [-0.2, -0.15) is 0 Å². The van der Waals surface area contributed by atoms with Crippen LogP contribution in [-0.4, -0.2) is 40.1 Å². The van der Waals surface area contributed by atoms with Crippen LogP contribution < -0.4 is 5.56 Å². The third-order valence-corrected chi connectivity index (χ3v) is 6.24. The van der Waals surface area contributed by atoms with Crippen LogP contribution in [0, 0.1) is 6.92 Å². The fraction of sp³-hybridized carbons (Fsp3) is 0.350. The van der Waals surface area contributed by atoms with Crippen LogP contribution in [0.15, 0.2) is 40.3 Å². The van der Waals surface area contributed by atoms with E-state index >= 15 is 0 Å². The number of unbranched alkanes of at least 4 members (excludes halogenated alkanes) is 1. The molecule has 0 atom stereocenters. The van der Waals surface area contributed by atoms with E-state index in [0.717, 1.165) is 35.4 Å². The zero-order valence-electron chi connectivity index (χ0n) is 15.7. The minimum atomic E-state index is -0.155. The minimum Gasteiger partial charge on any atom is -0.345 e. The van der Waals surface area contributed by atoms with Gasteiger partial charge in [0.25, 0.3) is 5.56 Å². The molecule has 1 N–H and O–H groups in total. The third-order valence-electron chi connectivity index (χ3n) is 4.38. The lowest BCUT2D eigenvalue weighted by Gasteiger charge is -2.16.